The minimum Gasteiger partial charge on any atom is -0.324 e. The molecule has 0 bridgehead atoms. The number of hydrogen-bond acceptors (Lipinski definition) is 2. The molecule has 0 unspecified atom stereocenters. The van der Waals surface area contributed by atoms with E-state index in [1.165, 1.54) is 5.56 Å². The normalized spacial score (nSPS) is 14.5. The zero-order chi connectivity index (χ0) is 13.8. The molecular weight excluding hydrogens is 252 g/mol. The van der Waals surface area contributed by atoms with Crippen molar-refractivity contribution in [2.24, 2.45) is 0 Å². The second kappa shape index (κ2) is 5.77. The first-order valence-electron chi connectivity index (χ1n) is 6.94. The van der Waals surface area contributed by atoms with E-state index in [9.17, 15) is 4.79 Å². The van der Waals surface area contributed by atoms with Gasteiger partial charge in [-0.1, -0.05) is 30.3 Å². The molecule has 1 fully saturated rings. The molecule has 5 heteroatoms. The predicted octanol–water partition coefficient (Wildman–Crippen LogP) is 2.56. The summed E-state index contributed by atoms with van der Waals surface area (Å²) in [6.07, 6.45) is 4.07. The number of carbonyl (C=O) groups is 1. The lowest BCUT2D eigenvalue weighted by atomic mass is 10.2. The Kier molecular flexibility index (Phi) is 3.67. The number of aromatic nitrogens is 2. The van der Waals surface area contributed by atoms with E-state index in [0.717, 1.165) is 25.9 Å². The van der Waals surface area contributed by atoms with Crippen molar-refractivity contribution in [3.05, 3.63) is 48.2 Å². The van der Waals surface area contributed by atoms with Crippen LogP contribution in [0.2, 0.25) is 0 Å². The molecule has 2 amide bonds. The molecular formula is C15H18N4O. The van der Waals surface area contributed by atoms with Crippen LogP contribution < -0.4 is 5.32 Å². The summed E-state index contributed by atoms with van der Waals surface area (Å²) in [6.45, 7) is 2.40. The van der Waals surface area contributed by atoms with Gasteiger partial charge in [-0.3, -0.25) is 10.00 Å². The van der Waals surface area contributed by atoms with E-state index in [1.54, 1.807) is 0 Å². The fourth-order valence-corrected chi connectivity index (χ4v) is 2.40. The van der Waals surface area contributed by atoms with Crippen LogP contribution in [0, 0.1) is 0 Å². The molecule has 1 aromatic heterocycles. The first kappa shape index (κ1) is 12.7. The average molecular weight is 270 g/mol. The summed E-state index contributed by atoms with van der Waals surface area (Å²) in [7, 11) is 0. The van der Waals surface area contributed by atoms with Crippen molar-refractivity contribution in [2.45, 2.75) is 19.4 Å². The van der Waals surface area contributed by atoms with Crippen LogP contribution in [0.1, 0.15) is 18.4 Å². The van der Waals surface area contributed by atoms with Gasteiger partial charge in [0.05, 0.1) is 6.54 Å². The zero-order valence-corrected chi connectivity index (χ0v) is 11.3. The molecule has 5 nitrogen and oxygen atoms in total. The van der Waals surface area contributed by atoms with E-state index in [4.69, 9.17) is 0 Å². The van der Waals surface area contributed by atoms with Gasteiger partial charge < -0.3 is 4.90 Å². The summed E-state index contributed by atoms with van der Waals surface area (Å²) in [4.78, 5) is 13.8. The van der Waals surface area contributed by atoms with Crippen molar-refractivity contribution in [3.63, 3.8) is 0 Å². The van der Waals surface area contributed by atoms with Crippen LogP contribution in [-0.4, -0.2) is 33.8 Å². The molecule has 0 atom stereocenters. The number of nitrogens with zero attached hydrogens (tertiary/aromatic N) is 3. The number of nitrogens with one attached hydrogen (secondary N) is 1. The van der Waals surface area contributed by atoms with E-state index < -0.39 is 0 Å². The minimum atomic E-state index is -0.0486. The summed E-state index contributed by atoms with van der Waals surface area (Å²) in [5, 5.41) is 7.22. The number of anilines is 1. The van der Waals surface area contributed by atoms with Gasteiger partial charge in [-0.25, -0.2) is 4.79 Å². The van der Waals surface area contributed by atoms with Gasteiger partial charge in [-0.15, -0.1) is 0 Å². The predicted molar refractivity (Wildman–Crippen MR) is 77.6 cm³/mol. The third kappa shape index (κ3) is 2.99. The lowest BCUT2D eigenvalue weighted by Crippen LogP contribution is -2.32. The van der Waals surface area contributed by atoms with Gasteiger partial charge in [0.1, 0.15) is 0 Å². The molecule has 1 aliphatic rings. The number of urea groups is 1. The average Bonchev–Trinajstić information content (AvgIpc) is 3.11. The Morgan fingerprint density at radius 3 is 2.65 bits per heavy atom. The molecule has 2 aromatic rings. The molecule has 0 saturated carbocycles. The van der Waals surface area contributed by atoms with Crippen molar-refractivity contribution in [1.29, 1.82) is 0 Å². The highest BCUT2D eigenvalue weighted by atomic mass is 16.2. The smallest absolute Gasteiger partial charge is 0.323 e. The van der Waals surface area contributed by atoms with Crippen LogP contribution in [0.5, 0.6) is 0 Å². The van der Waals surface area contributed by atoms with Gasteiger partial charge in [-0.05, 0) is 18.4 Å². The van der Waals surface area contributed by atoms with Gasteiger partial charge in [0.2, 0.25) is 0 Å². The van der Waals surface area contributed by atoms with E-state index >= 15 is 0 Å². The molecule has 0 spiro atoms. The number of hydrogen-bond donors (Lipinski definition) is 1. The summed E-state index contributed by atoms with van der Waals surface area (Å²) in [6, 6.07) is 11.9. The highest BCUT2D eigenvalue weighted by molar-refractivity contribution is 5.88. The summed E-state index contributed by atoms with van der Waals surface area (Å²) in [5.74, 6) is 0.609. The molecule has 1 aliphatic heterocycles. The largest absolute Gasteiger partial charge is 0.324 e. The Morgan fingerprint density at radius 2 is 1.90 bits per heavy atom. The minimum absolute atomic E-state index is 0.0486. The van der Waals surface area contributed by atoms with Gasteiger partial charge in [-0.2, -0.15) is 5.10 Å². The van der Waals surface area contributed by atoms with Crippen molar-refractivity contribution in [2.75, 3.05) is 18.4 Å². The monoisotopic (exact) mass is 270 g/mol. The Balaban J connectivity index is 1.60. The number of rotatable bonds is 3. The van der Waals surface area contributed by atoms with E-state index in [1.807, 2.05) is 40.0 Å². The third-order valence-corrected chi connectivity index (χ3v) is 3.46. The lowest BCUT2D eigenvalue weighted by molar-refractivity contribution is 0.222. The summed E-state index contributed by atoms with van der Waals surface area (Å²) in [5.41, 5.74) is 1.19. The second-order valence-electron chi connectivity index (χ2n) is 5.01. The quantitative estimate of drug-likeness (QED) is 0.932. The van der Waals surface area contributed by atoms with Crippen LogP contribution in [0.4, 0.5) is 10.6 Å². The highest BCUT2D eigenvalue weighted by Crippen LogP contribution is 2.11. The Labute approximate surface area is 118 Å². The number of benzene rings is 1. The molecule has 1 aromatic carbocycles. The van der Waals surface area contributed by atoms with Crippen LogP contribution in [0.15, 0.2) is 42.6 Å². The van der Waals surface area contributed by atoms with Gasteiger partial charge >= 0.3 is 6.03 Å². The molecule has 1 saturated heterocycles. The van der Waals surface area contributed by atoms with Crippen LogP contribution >= 0.6 is 0 Å². The maximum atomic E-state index is 11.9. The van der Waals surface area contributed by atoms with Gasteiger partial charge in [0.25, 0.3) is 0 Å². The maximum absolute atomic E-state index is 11.9. The van der Waals surface area contributed by atoms with E-state index in [-0.39, 0.29) is 6.03 Å². The first-order valence-corrected chi connectivity index (χ1v) is 6.94. The fourth-order valence-electron chi connectivity index (χ4n) is 2.40. The van der Waals surface area contributed by atoms with Gasteiger partial charge in [0, 0.05) is 25.4 Å². The Hall–Kier alpha value is -2.30. The third-order valence-electron chi connectivity index (χ3n) is 3.46. The Morgan fingerprint density at radius 1 is 1.15 bits per heavy atom. The summed E-state index contributed by atoms with van der Waals surface area (Å²) < 4.78 is 1.83. The summed E-state index contributed by atoms with van der Waals surface area (Å²) >= 11 is 0. The van der Waals surface area contributed by atoms with E-state index in [2.05, 4.69) is 22.5 Å². The molecule has 20 heavy (non-hydrogen) atoms. The lowest BCUT2D eigenvalue weighted by Gasteiger charge is -2.14. The SMILES string of the molecule is O=C(Nc1ccn(Cc2ccccc2)n1)N1CCCC1. The van der Waals surface area contributed by atoms with Crippen molar-refractivity contribution >= 4 is 11.8 Å². The molecule has 0 radical (unpaired) electrons. The Bertz CT molecular complexity index is 573. The standard InChI is InChI=1S/C15H18N4O/c20-15(18-9-4-5-10-18)16-14-8-11-19(17-14)12-13-6-2-1-3-7-13/h1-3,6-8,11H,4-5,9-10,12H2,(H,16,17,20). The first-order chi connectivity index (χ1) is 9.81. The van der Waals surface area contributed by atoms with E-state index in [0.29, 0.717) is 12.4 Å². The van der Waals surface area contributed by atoms with Crippen molar-refractivity contribution in [1.82, 2.24) is 14.7 Å². The number of carbonyl (C=O) groups excluding carboxylic acids is 1. The van der Waals surface area contributed by atoms with Crippen molar-refractivity contribution < 1.29 is 4.79 Å². The molecule has 3 rings (SSSR count). The molecule has 104 valence electrons. The highest BCUT2D eigenvalue weighted by Gasteiger charge is 2.18. The zero-order valence-electron chi connectivity index (χ0n) is 11.3. The van der Waals surface area contributed by atoms with Crippen LogP contribution in [-0.2, 0) is 6.54 Å². The number of likely N-dealkylation sites (tertiary alicyclic amines) is 1. The van der Waals surface area contributed by atoms with Gasteiger partial charge in [0.15, 0.2) is 5.82 Å². The molecule has 0 aliphatic carbocycles. The van der Waals surface area contributed by atoms with Crippen LogP contribution in [0.25, 0.3) is 0 Å². The molecule has 1 N–H and O–H groups in total. The fraction of sp³-hybridized carbons (Fsp3) is 0.333. The van der Waals surface area contributed by atoms with Crippen molar-refractivity contribution in [3.8, 4) is 0 Å². The molecule has 2 heterocycles. The topological polar surface area (TPSA) is 50.2 Å². The maximum Gasteiger partial charge on any atom is 0.323 e. The van der Waals surface area contributed by atoms with Crippen LogP contribution in [0.3, 0.4) is 0 Å². The number of amides is 2. The second-order valence-corrected chi connectivity index (χ2v) is 5.01.